The van der Waals surface area contributed by atoms with Crippen molar-refractivity contribution < 1.29 is 24.2 Å². The highest BCUT2D eigenvalue weighted by Crippen LogP contribution is 2.26. The van der Waals surface area contributed by atoms with Gasteiger partial charge in [-0.3, -0.25) is 14.6 Å². The molecule has 2 heterocycles. The molecule has 0 aliphatic heterocycles. The van der Waals surface area contributed by atoms with Crippen LogP contribution in [0.3, 0.4) is 0 Å². The number of aliphatic carboxylic acids is 1. The van der Waals surface area contributed by atoms with Crippen LogP contribution in [0.4, 0.5) is 0 Å². The summed E-state index contributed by atoms with van der Waals surface area (Å²) in [5.41, 5.74) is 4.79. The molecule has 1 aliphatic carbocycles. The molecule has 0 amide bonds. The number of nitrogens with zero attached hydrogens (tertiary/aromatic N) is 3. The first-order chi connectivity index (χ1) is 20.9. The number of hydrogen-bond donors (Lipinski definition) is 1. The van der Waals surface area contributed by atoms with Crippen LogP contribution in [0.1, 0.15) is 125 Å². The monoisotopic (exact) mass is 595 g/mol. The predicted molar refractivity (Wildman–Crippen MR) is 168 cm³/mol. The van der Waals surface area contributed by atoms with Gasteiger partial charge in [-0.2, -0.15) is 0 Å². The van der Waals surface area contributed by atoms with Gasteiger partial charge in [0.1, 0.15) is 11.6 Å². The Bertz CT molecular complexity index is 1090. The van der Waals surface area contributed by atoms with E-state index in [1.54, 1.807) is 12.4 Å². The fraction of sp³-hybridized carbons (Fsp3) is 0.686. The average Bonchev–Trinajstić information content (AvgIpc) is 3.00. The number of ketones is 1. The molecule has 2 aromatic rings. The number of aryl methyl sites for hydroxylation is 4. The molecule has 0 radical (unpaired) electrons. The zero-order valence-electron chi connectivity index (χ0n) is 26.5. The Morgan fingerprint density at radius 1 is 0.837 bits per heavy atom. The van der Waals surface area contributed by atoms with Crippen LogP contribution in [0, 0.1) is 5.92 Å². The van der Waals surface area contributed by atoms with E-state index in [4.69, 9.17) is 14.5 Å². The summed E-state index contributed by atoms with van der Waals surface area (Å²) in [7, 11) is 0. The van der Waals surface area contributed by atoms with E-state index in [0.29, 0.717) is 57.2 Å². The van der Waals surface area contributed by atoms with Gasteiger partial charge in [-0.25, -0.2) is 9.97 Å². The number of fused-ring (bicyclic) bond motifs is 1. The maximum atomic E-state index is 12.3. The fourth-order valence-electron chi connectivity index (χ4n) is 5.51. The largest absolute Gasteiger partial charge is 0.481 e. The standard InChI is InChI=1S/C35H53N3O5/c1-27(2)19-21-43-23-22-42-20-9-13-32(39)17-18-34-36-25-30(26-37-34)29(24-35(40)41)11-5-3-4-6-12-31-16-15-28-10-7-8-14-33(28)38-31/h15-16,25-27,29H,3-14,17-24H2,1-2H3,(H,40,41)/t29-/m0/s1. The van der Waals surface area contributed by atoms with Gasteiger partial charge in [0.05, 0.1) is 19.6 Å². The Morgan fingerprint density at radius 3 is 2.35 bits per heavy atom. The van der Waals surface area contributed by atoms with Gasteiger partial charge in [0.15, 0.2) is 0 Å². The fourth-order valence-corrected chi connectivity index (χ4v) is 5.51. The molecule has 8 nitrogen and oxygen atoms in total. The molecule has 0 saturated carbocycles. The Kier molecular flexibility index (Phi) is 16.4. The molecule has 43 heavy (non-hydrogen) atoms. The quantitative estimate of drug-likeness (QED) is 0.139. The number of rotatable bonds is 23. The minimum atomic E-state index is -0.805. The molecular weight excluding hydrogens is 542 g/mol. The minimum Gasteiger partial charge on any atom is -0.481 e. The lowest BCUT2D eigenvalue weighted by Crippen LogP contribution is -2.10. The van der Waals surface area contributed by atoms with Gasteiger partial charge in [0.2, 0.25) is 0 Å². The maximum absolute atomic E-state index is 12.3. The van der Waals surface area contributed by atoms with Gasteiger partial charge in [-0.15, -0.1) is 0 Å². The highest BCUT2D eigenvalue weighted by atomic mass is 16.5. The average molecular weight is 596 g/mol. The molecule has 1 aliphatic rings. The highest BCUT2D eigenvalue weighted by Gasteiger charge is 2.17. The van der Waals surface area contributed by atoms with Crippen LogP contribution >= 0.6 is 0 Å². The smallest absolute Gasteiger partial charge is 0.303 e. The van der Waals surface area contributed by atoms with Crippen molar-refractivity contribution in [3.05, 3.63) is 52.9 Å². The molecule has 8 heteroatoms. The molecule has 1 N–H and O–H groups in total. The van der Waals surface area contributed by atoms with Crippen molar-refractivity contribution in [1.29, 1.82) is 0 Å². The summed E-state index contributed by atoms with van der Waals surface area (Å²) >= 11 is 0. The molecule has 0 fully saturated rings. The lowest BCUT2D eigenvalue weighted by atomic mass is 9.92. The molecule has 0 aromatic carbocycles. The lowest BCUT2D eigenvalue weighted by Gasteiger charge is -2.16. The number of ether oxygens (including phenoxy) is 2. The Balaban J connectivity index is 1.28. The molecule has 238 valence electrons. The number of aromatic nitrogens is 3. The number of carboxylic acids is 1. The molecular formula is C35H53N3O5. The summed E-state index contributed by atoms with van der Waals surface area (Å²) in [5.74, 6) is 0.535. The second-order valence-corrected chi connectivity index (χ2v) is 12.3. The predicted octanol–water partition coefficient (Wildman–Crippen LogP) is 6.86. The molecule has 2 aromatic heterocycles. The summed E-state index contributed by atoms with van der Waals surface area (Å²) in [6.45, 7) is 6.82. The van der Waals surface area contributed by atoms with E-state index in [0.717, 1.165) is 63.5 Å². The van der Waals surface area contributed by atoms with Crippen molar-refractivity contribution in [2.45, 2.75) is 122 Å². The first-order valence-electron chi connectivity index (χ1n) is 16.6. The molecule has 1 atom stereocenters. The van der Waals surface area contributed by atoms with Crippen molar-refractivity contribution in [3.63, 3.8) is 0 Å². The van der Waals surface area contributed by atoms with E-state index in [1.807, 2.05) is 0 Å². The Labute approximate surface area is 258 Å². The lowest BCUT2D eigenvalue weighted by molar-refractivity contribution is -0.137. The SMILES string of the molecule is CC(C)CCOCCOCCCC(=O)CCc1ncc([C@@H](CCCCCCc2ccc3c(n2)CCCC3)CC(=O)O)cn1. The van der Waals surface area contributed by atoms with Crippen molar-refractivity contribution in [2.75, 3.05) is 26.4 Å². The number of Topliss-reactive ketones (excluding diaryl/α,β-unsaturated/α-hetero) is 1. The van der Waals surface area contributed by atoms with E-state index in [9.17, 15) is 14.7 Å². The van der Waals surface area contributed by atoms with Gasteiger partial charge < -0.3 is 14.6 Å². The number of unbranched alkanes of at least 4 members (excludes halogenated alkanes) is 3. The molecule has 0 unspecified atom stereocenters. The van der Waals surface area contributed by atoms with Gasteiger partial charge in [-0.1, -0.05) is 39.2 Å². The second-order valence-electron chi connectivity index (χ2n) is 12.3. The first kappa shape index (κ1) is 34.8. The summed E-state index contributed by atoms with van der Waals surface area (Å²) in [5, 5.41) is 9.47. The van der Waals surface area contributed by atoms with E-state index in [-0.39, 0.29) is 18.1 Å². The summed E-state index contributed by atoms with van der Waals surface area (Å²) in [4.78, 5) is 37.6. The van der Waals surface area contributed by atoms with E-state index >= 15 is 0 Å². The van der Waals surface area contributed by atoms with E-state index in [2.05, 4.69) is 35.9 Å². The summed E-state index contributed by atoms with van der Waals surface area (Å²) in [6, 6.07) is 4.46. The Hall–Kier alpha value is -2.71. The molecule has 0 bridgehead atoms. The van der Waals surface area contributed by atoms with Crippen LogP contribution in [0.15, 0.2) is 24.5 Å². The number of carbonyl (C=O) groups is 2. The molecule has 0 saturated heterocycles. The van der Waals surface area contributed by atoms with Crippen molar-refractivity contribution >= 4 is 11.8 Å². The number of carboxylic acid groups (broad SMARTS) is 1. The van der Waals surface area contributed by atoms with Crippen LogP contribution in [-0.2, 0) is 44.7 Å². The summed E-state index contributed by atoms with van der Waals surface area (Å²) in [6.07, 6.45) is 17.6. The van der Waals surface area contributed by atoms with Crippen LogP contribution in [0.2, 0.25) is 0 Å². The van der Waals surface area contributed by atoms with Crippen LogP contribution in [0.25, 0.3) is 0 Å². The van der Waals surface area contributed by atoms with E-state index in [1.165, 1.54) is 36.2 Å². The highest BCUT2D eigenvalue weighted by molar-refractivity contribution is 5.78. The third-order valence-corrected chi connectivity index (χ3v) is 8.17. The molecule has 3 rings (SSSR count). The van der Waals surface area contributed by atoms with Crippen LogP contribution in [0.5, 0.6) is 0 Å². The Morgan fingerprint density at radius 2 is 1.58 bits per heavy atom. The maximum Gasteiger partial charge on any atom is 0.303 e. The summed E-state index contributed by atoms with van der Waals surface area (Å²) < 4.78 is 11.1. The third-order valence-electron chi connectivity index (χ3n) is 8.17. The van der Waals surface area contributed by atoms with Gasteiger partial charge in [0, 0.05) is 56.3 Å². The number of pyridine rings is 1. The van der Waals surface area contributed by atoms with Gasteiger partial charge in [-0.05, 0) is 86.8 Å². The van der Waals surface area contributed by atoms with Crippen molar-refractivity contribution in [2.24, 2.45) is 5.92 Å². The van der Waals surface area contributed by atoms with E-state index < -0.39 is 5.97 Å². The normalized spacial score (nSPS) is 13.7. The zero-order valence-corrected chi connectivity index (χ0v) is 26.5. The van der Waals surface area contributed by atoms with Crippen molar-refractivity contribution in [1.82, 2.24) is 15.0 Å². The zero-order chi connectivity index (χ0) is 30.7. The first-order valence-corrected chi connectivity index (χ1v) is 16.6. The topological polar surface area (TPSA) is 112 Å². The van der Waals surface area contributed by atoms with Crippen LogP contribution < -0.4 is 0 Å². The van der Waals surface area contributed by atoms with Crippen LogP contribution in [-0.4, -0.2) is 58.2 Å². The number of carbonyl (C=O) groups excluding carboxylic acids is 1. The van der Waals surface area contributed by atoms with Gasteiger partial charge >= 0.3 is 5.97 Å². The third kappa shape index (κ3) is 14.5. The van der Waals surface area contributed by atoms with Crippen molar-refractivity contribution in [3.8, 4) is 0 Å². The minimum absolute atomic E-state index is 0.0758. The number of hydrogen-bond acceptors (Lipinski definition) is 7. The molecule has 0 spiro atoms. The second kappa shape index (κ2) is 20.3. The van der Waals surface area contributed by atoms with Gasteiger partial charge in [0.25, 0.3) is 0 Å².